The summed E-state index contributed by atoms with van der Waals surface area (Å²) in [5.41, 5.74) is 16.0. The van der Waals surface area contributed by atoms with Crippen molar-refractivity contribution >= 4 is 53.3 Å². The fourth-order valence-corrected chi connectivity index (χ4v) is 4.95. The van der Waals surface area contributed by atoms with Gasteiger partial charge in [0.1, 0.15) is 42.3 Å². The number of aliphatic imine (C=N–C) groups is 1. The van der Waals surface area contributed by atoms with Gasteiger partial charge in [0.25, 0.3) is 0 Å². The average Bonchev–Trinajstić information content (AvgIpc) is 3.12. The molecule has 0 rings (SSSR count). The van der Waals surface area contributed by atoms with Gasteiger partial charge < -0.3 is 74.8 Å². The highest BCUT2D eigenvalue weighted by atomic mass is 16.4. The van der Waals surface area contributed by atoms with Gasteiger partial charge in [-0.25, -0.2) is 4.79 Å². The molecule has 0 aliphatic rings. The lowest BCUT2D eigenvalue weighted by molar-refractivity contribution is -0.143. The van der Waals surface area contributed by atoms with E-state index in [0.29, 0.717) is 6.42 Å². The van der Waals surface area contributed by atoms with Gasteiger partial charge in [0.05, 0.1) is 25.4 Å². The number of carboxylic acid groups (broad SMARTS) is 1. The van der Waals surface area contributed by atoms with E-state index in [9.17, 15) is 58.8 Å². The van der Waals surface area contributed by atoms with Gasteiger partial charge in [0.2, 0.25) is 41.4 Å². The first-order chi connectivity index (χ1) is 26.5. The van der Waals surface area contributed by atoms with Crippen LogP contribution in [0.3, 0.4) is 0 Å². The van der Waals surface area contributed by atoms with Gasteiger partial charge in [-0.05, 0) is 51.9 Å². The fraction of sp³-hybridized carbons (Fsp3) is 0.735. The van der Waals surface area contributed by atoms with E-state index in [4.69, 9.17) is 17.2 Å². The van der Waals surface area contributed by atoms with Gasteiger partial charge in [0, 0.05) is 6.54 Å². The van der Waals surface area contributed by atoms with Crippen molar-refractivity contribution in [1.82, 2.24) is 37.2 Å². The molecule has 0 saturated heterocycles. The van der Waals surface area contributed by atoms with Crippen molar-refractivity contribution in [3.8, 4) is 0 Å². The Labute approximate surface area is 331 Å². The second-order valence-corrected chi connectivity index (χ2v) is 14.2. The van der Waals surface area contributed by atoms with Crippen molar-refractivity contribution in [3.63, 3.8) is 0 Å². The quantitative estimate of drug-likeness (QED) is 0.0220. The standard InChI is InChI=1S/C34H63N11O12/c1-8-16(4)25(44-27(50)17(5)40-23(49)13-39-30(53)24(35)18(6)47)31(54)43-22(14-46)29(52)42-21(12-15(2)3)28(51)45-26(19(7)48)32(55)41-20(33(56)57)10-9-11-38-34(36)37/h15-22,24-26,46-48H,8-14,35H2,1-7H3,(H,39,53)(H,40,49)(H,41,55)(H,42,52)(H,43,54)(H,44,50)(H,45,51)(H,56,57)(H4,36,37,38)/t16-,17-,18+,19+,20-,21-,22-,24-,25-,26-/m0/s1. The van der Waals surface area contributed by atoms with Gasteiger partial charge in [-0.3, -0.25) is 38.6 Å². The minimum atomic E-state index is -1.66. The lowest BCUT2D eigenvalue weighted by Gasteiger charge is -2.29. The highest BCUT2D eigenvalue weighted by Gasteiger charge is 2.35. The van der Waals surface area contributed by atoms with Crippen LogP contribution >= 0.6 is 0 Å². The molecule has 7 amide bonds. The summed E-state index contributed by atoms with van der Waals surface area (Å²) in [4.78, 5) is 106. The Morgan fingerprint density at radius 2 is 1.19 bits per heavy atom. The number of aliphatic hydroxyl groups excluding tert-OH is 3. The number of rotatable bonds is 26. The van der Waals surface area contributed by atoms with Crippen LogP contribution in [0.5, 0.6) is 0 Å². The van der Waals surface area contributed by atoms with Crippen molar-refractivity contribution < 1.29 is 58.8 Å². The fourth-order valence-electron chi connectivity index (χ4n) is 4.95. The third-order valence-corrected chi connectivity index (χ3v) is 8.59. The molecule has 0 aromatic heterocycles. The maximum absolute atomic E-state index is 13.5. The molecule has 23 nitrogen and oxygen atoms in total. The second-order valence-electron chi connectivity index (χ2n) is 14.2. The maximum atomic E-state index is 13.5. The Bertz CT molecular complexity index is 1410. The van der Waals surface area contributed by atoms with E-state index in [1.165, 1.54) is 20.8 Å². The van der Waals surface area contributed by atoms with Crippen molar-refractivity contribution in [3.05, 3.63) is 0 Å². The molecule has 0 heterocycles. The Morgan fingerprint density at radius 3 is 1.68 bits per heavy atom. The SMILES string of the molecule is CC[C@H](C)[C@H](NC(=O)[C@H](C)NC(=O)CNC(=O)[C@@H](N)[C@@H](C)O)C(=O)N[C@@H](CO)C(=O)N[C@@H](CC(C)C)C(=O)N[C@H](C(=O)N[C@@H](CCCN=C(N)N)C(=O)O)[C@@H](C)O. The molecule has 0 saturated carbocycles. The molecule has 0 spiro atoms. The van der Waals surface area contributed by atoms with Crippen LogP contribution in [0.25, 0.3) is 0 Å². The number of hydrogen-bond donors (Lipinski definition) is 14. The van der Waals surface area contributed by atoms with Gasteiger partial charge >= 0.3 is 5.97 Å². The monoisotopic (exact) mass is 817 g/mol. The number of hydrogen-bond acceptors (Lipinski definition) is 13. The van der Waals surface area contributed by atoms with Crippen LogP contribution in [0.2, 0.25) is 0 Å². The molecular formula is C34H63N11O12. The van der Waals surface area contributed by atoms with Crippen molar-refractivity contribution in [2.75, 3.05) is 19.7 Å². The molecule has 23 heteroatoms. The van der Waals surface area contributed by atoms with Crippen molar-refractivity contribution in [2.24, 2.45) is 34.0 Å². The minimum Gasteiger partial charge on any atom is -0.480 e. The normalized spacial score (nSPS) is 16.4. The molecule has 0 aliphatic heterocycles. The lowest BCUT2D eigenvalue weighted by atomic mass is 9.97. The van der Waals surface area contributed by atoms with Gasteiger partial charge in [-0.1, -0.05) is 34.1 Å². The highest BCUT2D eigenvalue weighted by Crippen LogP contribution is 2.11. The largest absolute Gasteiger partial charge is 0.480 e. The van der Waals surface area contributed by atoms with Crippen LogP contribution in [-0.2, 0) is 38.4 Å². The summed E-state index contributed by atoms with van der Waals surface area (Å²) in [5, 5.41) is 55.9. The average molecular weight is 818 g/mol. The Hall–Kier alpha value is -5.13. The predicted molar refractivity (Wildman–Crippen MR) is 205 cm³/mol. The van der Waals surface area contributed by atoms with Crippen molar-refractivity contribution in [1.29, 1.82) is 0 Å². The molecule has 0 aliphatic carbocycles. The smallest absolute Gasteiger partial charge is 0.326 e. The van der Waals surface area contributed by atoms with E-state index in [2.05, 4.69) is 42.2 Å². The minimum absolute atomic E-state index is 0.00738. The number of nitrogens with one attached hydrogen (secondary N) is 7. The summed E-state index contributed by atoms with van der Waals surface area (Å²) in [5.74, 6) is -8.57. The Kier molecular flexibility index (Phi) is 23.6. The third-order valence-electron chi connectivity index (χ3n) is 8.59. The van der Waals surface area contributed by atoms with E-state index >= 15 is 0 Å². The van der Waals surface area contributed by atoms with Crippen LogP contribution in [-0.4, -0.2) is 148 Å². The van der Waals surface area contributed by atoms with Crippen LogP contribution in [0.15, 0.2) is 4.99 Å². The third kappa shape index (κ3) is 19.5. The van der Waals surface area contributed by atoms with Gasteiger partial charge in [-0.2, -0.15) is 0 Å². The van der Waals surface area contributed by atoms with Crippen LogP contribution in [0, 0.1) is 11.8 Å². The molecule has 326 valence electrons. The predicted octanol–water partition coefficient (Wildman–Crippen LogP) is -5.66. The van der Waals surface area contributed by atoms with Crippen molar-refractivity contribution in [2.45, 2.75) is 129 Å². The number of nitrogens with two attached hydrogens (primary N) is 3. The first kappa shape index (κ1) is 51.9. The van der Waals surface area contributed by atoms with E-state index in [1.807, 2.05) is 0 Å². The Morgan fingerprint density at radius 1 is 0.667 bits per heavy atom. The molecule has 17 N–H and O–H groups in total. The van der Waals surface area contributed by atoms with Crippen LogP contribution in [0.4, 0.5) is 0 Å². The summed E-state index contributed by atoms with van der Waals surface area (Å²) < 4.78 is 0. The zero-order chi connectivity index (χ0) is 44.2. The molecular weight excluding hydrogens is 754 g/mol. The number of guanidine groups is 1. The maximum Gasteiger partial charge on any atom is 0.326 e. The number of amides is 7. The molecule has 0 aromatic rings. The second kappa shape index (κ2) is 25.9. The number of carboxylic acids is 1. The van der Waals surface area contributed by atoms with E-state index in [-0.39, 0.29) is 37.7 Å². The summed E-state index contributed by atoms with van der Waals surface area (Å²) in [6, 6.07) is -9.83. The number of nitrogens with zero attached hydrogens (tertiary/aromatic N) is 1. The number of carbonyl (C=O) groups is 8. The molecule has 0 fully saturated rings. The molecule has 0 aromatic carbocycles. The van der Waals surface area contributed by atoms with Gasteiger partial charge in [-0.15, -0.1) is 0 Å². The first-order valence-corrected chi connectivity index (χ1v) is 18.6. The zero-order valence-electron chi connectivity index (χ0n) is 33.5. The zero-order valence-corrected chi connectivity index (χ0v) is 33.5. The summed E-state index contributed by atoms with van der Waals surface area (Å²) in [6.45, 7) is 9.19. The van der Waals surface area contributed by atoms with E-state index in [0.717, 1.165) is 0 Å². The van der Waals surface area contributed by atoms with Crippen LogP contribution in [0.1, 0.15) is 74.1 Å². The van der Waals surface area contributed by atoms with E-state index in [1.54, 1.807) is 27.7 Å². The number of carbonyl (C=O) groups excluding carboxylic acids is 7. The molecule has 0 radical (unpaired) electrons. The molecule has 57 heavy (non-hydrogen) atoms. The summed E-state index contributed by atoms with van der Waals surface area (Å²) >= 11 is 0. The van der Waals surface area contributed by atoms with E-state index < -0.39 is 121 Å². The number of aliphatic hydroxyl groups is 3. The molecule has 0 unspecified atom stereocenters. The first-order valence-electron chi connectivity index (χ1n) is 18.6. The Balaban J connectivity index is 5.81. The summed E-state index contributed by atoms with van der Waals surface area (Å²) in [7, 11) is 0. The topological polar surface area (TPSA) is 392 Å². The summed E-state index contributed by atoms with van der Waals surface area (Å²) in [6.07, 6.45) is -2.24. The lowest BCUT2D eigenvalue weighted by Crippen LogP contribution is -2.62. The van der Waals surface area contributed by atoms with Gasteiger partial charge in [0.15, 0.2) is 5.96 Å². The molecule has 0 bridgehead atoms. The number of aliphatic carboxylic acids is 1. The highest BCUT2D eigenvalue weighted by molar-refractivity contribution is 5.97. The van der Waals surface area contributed by atoms with Crippen LogP contribution < -0.4 is 54.4 Å². The molecule has 10 atom stereocenters.